The van der Waals surface area contributed by atoms with Crippen molar-refractivity contribution in [2.24, 2.45) is 0 Å². The van der Waals surface area contributed by atoms with Crippen molar-refractivity contribution in [1.29, 1.82) is 0 Å². The molecule has 10 heteroatoms. The standard InChI is InChI=1S/C26H30N4O5S/c1-18-24(36-28-27-18)25(31)30-13-11-29(12-14-30)16-23(21-5-4-6-22(15-21)33-2)35-17-19-7-9-20(10-8-19)26(32)34-3/h4-10,15,23H,11-14,16-17H2,1-3H3. The van der Waals surface area contributed by atoms with Crippen LogP contribution in [-0.2, 0) is 16.1 Å². The molecule has 1 amide bonds. The Bertz CT molecular complexity index is 1180. The summed E-state index contributed by atoms with van der Waals surface area (Å²) in [5, 5.41) is 3.96. The third kappa shape index (κ3) is 6.26. The highest BCUT2D eigenvalue weighted by molar-refractivity contribution is 7.07. The molecule has 9 nitrogen and oxygen atoms in total. The summed E-state index contributed by atoms with van der Waals surface area (Å²) >= 11 is 1.15. The maximum absolute atomic E-state index is 12.8. The minimum Gasteiger partial charge on any atom is -0.497 e. The molecule has 1 aliphatic rings. The van der Waals surface area contributed by atoms with E-state index in [-0.39, 0.29) is 18.0 Å². The predicted molar refractivity (Wildman–Crippen MR) is 135 cm³/mol. The Morgan fingerprint density at radius 3 is 2.44 bits per heavy atom. The van der Waals surface area contributed by atoms with Gasteiger partial charge in [-0.2, -0.15) is 0 Å². The monoisotopic (exact) mass is 510 g/mol. The molecule has 0 radical (unpaired) electrons. The van der Waals surface area contributed by atoms with Crippen LogP contribution in [0.15, 0.2) is 48.5 Å². The average Bonchev–Trinajstić information content (AvgIpc) is 3.36. The van der Waals surface area contributed by atoms with E-state index in [0.29, 0.717) is 42.4 Å². The second-order valence-electron chi connectivity index (χ2n) is 8.55. The summed E-state index contributed by atoms with van der Waals surface area (Å²) in [6.07, 6.45) is -0.199. The first-order valence-corrected chi connectivity index (χ1v) is 12.5. The summed E-state index contributed by atoms with van der Waals surface area (Å²) < 4.78 is 20.5. The van der Waals surface area contributed by atoms with Gasteiger partial charge in [0.05, 0.1) is 38.2 Å². The number of piperazine rings is 1. The second-order valence-corrected chi connectivity index (χ2v) is 9.30. The fourth-order valence-electron chi connectivity index (χ4n) is 4.09. The maximum atomic E-state index is 12.8. The number of hydrogen-bond donors (Lipinski definition) is 0. The molecule has 1 aromatic heterocycles. The lowest BCUT2D eigenvalue weighted by atomic mass is 10.1. The van der Waals surface area contributed by atoms with E-state index >= 15 is 0 Å². The van der Waals surface area contributed by atoms with Gasteiger partial charge >= 0.3 is 5.97 Å². The molecule has 0 aliphatic carbocycles. The molecular weight excluding hydrogens is 480 g/mol. The van der Waals surface area contributed by atoms with E-state index in [1.165, 1.54) is 7.11 Å². The summed E-state index contributed by atoms with van der Waals surface area (Å²) in [7, 11) is 3.01. The van der Waals surface area contributed by atoms with E-state index in [2.05, 4.69) is 14.5 Å². The topological polar surface area (TPSA) is 94.1 Å². The number of ether oxygens (including phenoxy) is 3. The van der Waals surface area contributed by atoms with Gasteiger partial charge in [0.25, 0.3) is 5.91 Å². The number of carbonyl (C=O) groups excluding carboxylic acids is 2. The number of carbonyl (C=O) groups is 2. The highest BCUT2D eigenvalue weighted by atomic mass is 32.1. The number of hydrogen-bond acceptors (Lipinski definition) is 9. The molecule has 1 unspecified atom stereocenters. The van der Waals surface area contributed by atoms with Gasteiger partial charge in [-0.05, 0) is 53.8 Å². The van der Waals surface area contributed by atoms with Crippen molar-refractivity contribution in [3.8, 4) is 5.75 Å². The third-order valence-corrected chi connectivity index (χ3v) is 7.04. The number of nitrogens with zero attached hydrogens (tertiary/aromatic N) is 4. The van der Waals surface area contributed by atoms with Crippen LogP contribution in [0.4, 0.5) is 0 Å². The van der Waals surface area contributed by atoms with E-state index in [0.717, 1.165) is 41.5 Å². The summed E-state index contributed by atoms with van der Waals surface area (Å²) in [4.78, 5) is 29.3. The van der Waals surface area contributed by atoms with E-state index < -0.39 is 0 Å². The number of aromatic nitrogens is 2. The van der Waals surface area contributed by atoms with E-state index in [4.69, 9.17) is 14.2 Å². The van der Waals surface area contributed by atoms with Crippen molar-refractivity contribution >= 4 is 23.4 Å². The fraction of sp³-hybridized carbons (Fsp3) is 0.385. The largest absolute Gasteiger partial charge is 0.497 e. The number of amides is 1. The van der Waals surface area contributed by atoms with Gasteiger partial charge in [-0.15, -0.1) is 5.10 Å². The van der Waals surface area contributed by atoms with Crippen molar-refractivity contribution in [3.05, 3.63) is 75.8 Å². The van der Waals surface area contributed by atoms with Crippen molar-refractivity contribution in [1.82, 2.24) is 19.4 Å². The van der Waals surface area contributed by atoms with E-state index in [1.54, 1.807) is 19.2 Å². The molecule has 4 rings (SSSR count). The van der Waals surface area contributed by atoms with Crippen LogP contribution in [-0.4, -0.2) is 78.2 Å². The smallest absolute Gasteiger partial charge is 0.337 e. The Hall–Kier alpha value is -3.34. The molecule has 0 saturated carbocycles. The lowest BCUT2D eigenvalue weighted by Gasteiger charge is -2.36. The fourth-order valence-corrected chi connectivity index (χ4v) is 4.71. The molecule has 0 bridgehead atoms. The van der Waals surface area contributed by atoms with Gasteiger partial charge in [-0.25, -0.2) is 4.79 Å². The van der Waals surface area contributed by atoms with Crippen LogP contribution in [0.5, 0.6) is 5.75 Å². The summed E-state index contributed by atoms with van der Waals surface area (Å²) in [6, 6.07) is 15.1. The molecule has 0 spiro atoms. The highest BCUT2D eigenvalue weighted by Gasteiger charge is 2.27. The minimum atomic E-state index is -0.365. The van der Waals surface area contributed by atoms with Crippen LogP contribution in [0, 0.1) is 6.92 Å². The Kier molecular flexibility index (Phi) is 8.63. The van der Waals surface area contributed by atoms with Gasteiger partial charge in [-0.1, -0.05) is 28.8 Å². The van der Waals surface area contributed by atoms with Crippen molar-refractivity contribution in [2.75, 3.05) is 46.9 Å². The number of aryl methyl sites for hydroxylation is 1. The summed E-state index contributed by atoms with van der Waals surface area (Å²) in [6.45, 7) is 5.64. The molecule has 190 valence electrons. The normalized spacial score (nSPS) is 14.9. The average molecular weight is 511 g/mol. The number of rotatable bonds is 9. The van der Waals surface area contributed by atoms with Crippen molar-refractivity contribution in [3.63, 3.8) is 0 Å². The van der Waals surface area contributed by atoms with Gasteiger partial charge in [0, 0.05) is 32.7 Å². The molecule has 36 heavy (non-hydrogen) atoms. The maximum Gasteiger partial charge on any atom is 0.337 e. The lowest BCUT2D eigenvalue weighted by Crippen LogP contribution is -2.49. The first-order chi connectivity index (χ1) is 17.5. The van der Waals surface area contributed by atoms with Crippen LogP contribution >= 0.6 is 11.5 Å². The van der Waals surface area contributed by atoms with Gasteiger partial charge in [0.1, 0.15) is 10.6 Å². The third-order valence-electron chi connectivity index (χ3n) is 6.22. The zero-order valence-corrected chi connectivity index (χ0v) is 21.5. The van der Waals surface area contributed by atoms with Crippen LogP contribution in [0.1, 0.15) is 43.0 Å². The van der Waals surface area contributed by atoms with Crippen molar-refractivity contribution in [2.45, 2.75) is 19.6 Å². The van der Waals surface area contributed by atoms with E-state index in [9.17, 15) is 9.59 Å². The van der Waals surface area contributed by atoms with Gasteiger partial charge in [0.2, 0.25) is 0 Å². The van der Waals surface area contributed by atoms with Gasteiger partial charge in [0.15, 0.2) is 0 Å². The lowest BCUT2D eigenvalue weighted by molar-refractivity contribution is 0.00336. The summed E-state index contributed by atoms with van der Waals surface area (Å²) in [5.41, 5.74) is 3.16. The van der Waals surface area contributed by atoms with Crippen LogP contribution in [0.2, 0.25) is 0 Å². The highest BCUT2D eigenvalue weighted by Crippen LogP contribution is 2.25. The first kappa shape index (κ1) is 25.7. The molecule has 1 atom stereocenters. The Morgan fingerprint density at radius 1 is 1.06 bits per heavy atom. The Morgan fingerprint density at radius 2 is 1.81 bits per heavy atom. The molecule has 1 saturated heterocycles. The SMILES string of the molecule is COC(=O)c1ccc(COC(CN2CCN(C(=O)c3snnc3C)CC2)c2cccc(OC)c2)cc1. The summed E-state index contributed by atoms with van der Waals surface area (Å²) in [5.74, 6) is 0.404. The molecule has 1 fully saturated rings. The zero-order chi connectivity index (χ0) is 25.5. The Balaban J connectivity index is 1.41. The van der Waals surface area contributed by atoms with Crippen LogP contribution in [0.25, 0.3) is 0 Å². The molecule has 0 N–H and O–H groups in total. The molecular formula is C26H30N4O5S. The molecule has 2 aromatic carbocycles. The van der Waals surface area contributed by atoms with E-state index in [1.807, 2.05) is 48.2 Å². The molecule has 1 aliphatic heterocycles. The van der Waals surface area contributed by atoms with Gasteiger partial charge < -0.3 is 19.1 Å². The zero-order valence-electron chi connectivity index (χ0n) is 20.7. The first-order valence-electron chi connectivity index (χ1n) is 11.7. The number of benzene rings is 2. The molecule has 2 heterocycles. The van der Waals surface area contributed by atoms with Gasteiger partial charge in [-0.3, -0.25) is 9.69 Å². The Labute approximate surface area is 214 Å². The van der Waals surface area contributed by atoms with Crippen molar-refractivity contribution < 1.29 is 23.8 Å². The minimum absolute atomic E-state index is 0.00172. The van der Waals surface area contributed by atoms with Crippen LogP contribution in [0.3, 0.4) is 0 Å². The predicted octanol–water partition coefficient (Wildman–Crippen LogP) is 3.36. The molecule has 3 aromatic rings. The number of esters is 1. The quantitative estimate of drug-likeness (QED) is 0.405. The van der Waals surface area contributed by atoms with Crippen LogP contribution < -0.4 is 4.74 Å². The number of methoxy groups -OCH3 is 2. The second kappa shape index (κ2) is 12.1.